The molecule has 3 N–H and O–H groups in total. The maximum atomic E-state index is 13.4. The molecule has 18 heavy (non-hydrogen) atoms. The summed E-state index contributed by atoms with van der Waals surface area (Å²) >= 11 is 0. The zero-order chi connectivity index (χ0) is 13.4. The molecule has 0 saturated carbocycles. The monoisotopic (exact) mass is 253 g/mol. The van der Waals surface area contributed by atoms with Gasteiger partial charge in [0.1, 0.15) is 5.82 Å². The van der Waals surface area contributed by atoms with Gasteiger partial charge in [-0.05, 0) is 24.1 Å². The van der Waals surface area contributed by atoms with Crippen LogP contribution >= 0.6 is 0 Å². The molecule has 5 heteroatoms. The highest BCUT2D eigenvalue weighted by Crippen LogP contribution is 2.12. The standard InChI is InChI=1S/C13H20FN3O/c1-3-6-16-13(15)17-8-10-4-5-12(14)11(7-10)9-18-2/h4-5,7H,3,6,8-9H2,1-2H3,(H3,15,16,17). The van der Waals surface area contributed by atoms with Gasteiger partial charge in [-0.25, -0.2) is 9.38 Å². The predicted octanol–water partition coefficient (Wildman–Crippen LogP) is 1.79. The lowest BCUT2D eigenvalue weighted by atomic mass is 10.1. The van der Waals surface area contributed by atoms with Gasteiger partial charge in [-0.3, -0.25) is 0 Å². The number of nitrogens with one attached hydrogen (secondary N) is 1. The number of halogens is 1. The molecule has 0 bridgehead atoms. The fourth-order valence-corrected chi connectivity index (χ4v) is 1.48. The molecule has 0 amide bonds. The van der Waals surface area contributed by atoms with Crippen molar-refractivity contribution in [1.82, 2.24) is 5.32 Å². The largest absolute Gasteiger partial charge is 0.380 e. The number of nitrogens with two attached hydrogens (primary N) is 1. The van der Waals surface area contributed by atoms with Crippen LogP contribution in [0, 0.1) is 5.82 Å². The van der Waals surface area contributed by atoms with Crippen molar-refractivity contribution in [3.63, 3.8) is 0 Å². The Bertz CT molecular complexity index is 407. The number of rotatable bonds is 6. The number of ether oxygens (including phenoxy) is 1. The van der Waals surface area contributed by atoms with Crippen molar-refractivity contribution < 1.29 is 9.13 Å². The number of benzene rings is 1. The lowest BCUT2D eigenvalue weighted by molar-refractivity contribution is 0.181. The number of methoxy groups -OCH3 is 1. The Kier molecular flexibility index (Phi) is 6.14. The van der Waals surface area contributed by atoms with E-state index in [4.69, 9.17) is 10.5 Å². The third-order valence-electron chi connectivity index (χ3n) is 2.40. The molecule has 0 radical (unpaired) electrons. The van der Waals surface area contributed by atoms with Gasteiger partial charge >= 0.3 is 0 Å². The van der Waals surface area contributed by atoms with Crippen LogP contribution in [0.5, 0.6) is 0 Å². The van der Waals surface area contributed by atoms with Crippen molar-refractivity contribution in [2.75, 3.05) is 13.7 Å². The topological polar surface area (TPSA) is 59.6 Å². The first kappa shape index (κ1) is 14.4. The van der Waals surface area contributed by atoms with Gasteiger partial charge in [0.05, 0.1) is 13.2 Å². The van der Waals surface area contributed by atoms with E-state index >= 15 is 0 Å². The van der Waals surface area contributed by atoms with E-state index in [1.807, 2.05) is 0 Å². The van der Waals surface area contributed by atoms with Crippen molar-refractivity contribution in [2.24, 2.45) is 10.7 Å². The smallest absolute Gasteiger partial charge is 0.188 e. The van der Waals surface area contributed by atoms with Crippen molar-refractivity contribution >= 4 is 5.96 Å². The molecule has 0 heterocycles. The third kappa shape index (κ3) is 4.71. The zero-order valence-electron chi connectivity index (χ0n) is 10.9. The first-order valence-electron chi connectivity index (χ1n) is 5.97. The zero-order valence-corrected chi connectivity index (χ0v) is 10.9. The molecule has 0 saturated heterocycles. The van der Waals surface area contributed by atoms with E-state index in [1.54, 1.807) is 12.1 Å². The van der Waals surface area contributed by atoms with Crippen LogP contribution in [0.15, 0.2) is 23.2 Å². The van der Waals surface area contributed by atoms with Crippen LogP contribution in [0.1, 0.15) is 24.5 Å². The number of hydrogen-bond donors (Lipinski definition) is 2. The molecule has 1 aromatic rings. The second-order valence-electron chi connectivity index (χ2n) is 3.99. The Morgan fingerprint density at radius 3 is 2.94 bits per heavy atom. The van der Waals surface area contributed by atoms with Crippen molar-refractivity contribution in [2.45, 2.75) is 26.5 Å². The molecule has 0 unspecified atom stereocenters. The fourth-order valence-electron chi connectivity index (χ4n) is 1.48. The Morgan fingerprint density at radius 2 is 2.28 bits per heavy atom. The molecule has 0 fully saturated rings. The molecule has 0 aliphatic rings. The minimum atomic E-state index is -0.262. The first-order valence-corrected chi connectivity index (χ1v) is 5.97. The van der Waals surface area contributed by atoms with Crippen LogP contribution in [-0.4, -0.2) is 19.6 Å². The summed E-state index contributed by atoms with van der Waals surface area (Å²) in [6, 6.07) is 4.87. The summed E-state index contributed by atoms with van der Waals surface area (Å²) in [5, 5.41) is 2.98. The summed E-state index contributed by atoms with van der Waals surface area (Å²) in [6.07, 6.45) is 0.991. The third-order valence-corrected chi connectivity index (χ3v) is 2.40. The highest BCUT2D eigenvalue weighted by Gasteiger charge is 2.03. The van der Waals surface area contributed by atoms with Crippen LogP contribution in [0.25, 0.3) is 0 Å². The van der Waals surface area contributed by atoms with Gasteiger partial charge < -0.3 is 15.8 Å². The summed E-state index contributed by atoms with van der Waals surface area (Å²) < 4.78 is 18.3. The van der Waals surface area contributed by atoms with Crippen molar-refractivity contribution in [1.29, 1.82) is 0 Å². The molecule has 0 aliphatic heterocycles. The number of aliphatic imine (C=N–C) groups is 1. The van der Waals surface area contributed by atoms with Gasteiger partial charge in [-0.1, -0.05) is 13.0 Å². The van der Waals surface area contributed by atoms with Gasteiger partial charge in [0.2, 0.25) is 0 Å². The molecular formula is C13H20FN3O. The summed E-state index contributed by atoms with van der Waals surface area (Å²) in [4.78, 5) is 4.18. The molecule has 0 aromatic heterocycles. The molecule has 4 nitrogen and oxygen atoms in total. The van der Waals surface area contributed by atoms with Crippen molar-refractivity contribution in [3.8, 4) is 0 Å². The molecule has 0 atom stereocenters. The summed E-state index contributed by atoms with van der Waals surface area (Å²) in [7, 11) is 1.54. The predicted molar refractivity (Wildman–Crippen MR) is 70.7 cm³/mol. The summed E-state index contributed by atoms with van der Waals surface area (Å²) in [6.45, 7) is 3.54. The maximum Gasteiger partial charge on any atom is 0.188 e. The average Bonchev–Trinajstić information content (AvgIpc) is 2.37. The minimum Gasteiger partial charge on any atom is -0.380 e. The second kappa shape index (κ2) is 7.66. The van der Waals surface area contributed by atoms with E-state index in [-0.39, 0.29) is 12.4 Å². The fraction of sp³-hybridized carbons (Fsp3) is 0.462. The molecule has 0 spiro atoms. The van der Waals surface area contributed by atoms with E-state index in [0.29, 0.717) is 18.1 Å². The van der Waals surface area contributed by atoms with Crippen LogP contribution in [0.4, 0.5) is 4.39 Å². The van der Waals surface area contributed by atoms with Gasteiger partial charge in [-0.2, -0.15) is 0 Å². The first-order chi connectivity index (χ1) is 8.67. The Labute approximate surface area is 107 Å². The highest BCUT2D eigenvalue weighted by atomic mass is 19.1. The Balaban J connectivity index is 2.64. The SMILES string of the molecule is CCCNC(N)=NCc1ccc(F)c(COC)c1. The van der Waals surface area contributed by atoms with E-state index in [1.165, 1.54) is 13.2 Å². The van der Waals surface area contributed by atoms with Crippen LogP contribution in [0.2, 0.25) is 0 Å². The van der Waals surface area contributed by atoms with E-state index in [0.717, 1.165) is 18.5 Å². The minimum absolute atomic E-state index is 0.257. The highest BCUT2D eigenvalue weighted by molar-refractivity contribution is 5.77. The molecule has 1 aromatic carbocycles. The van der Waals surface area contributed by atoms with Gasteiger partial charge in [0, 0.05) is 19.2 Å². The summed E-state index contributed by atoms with van der Waals surface area (Å²) in [5.41, 5.74) is 7.11. The average molecular weight is 253 g/mol. The van der Waals surface area contributed by atoms with E-state index < -0.39 is 0 Å². The molecular weight excluding hydrogens is 233 g/mol. The number of hydrogen-bond acceptors (Lipinski definition) is 2. The normalized spacial score (nSPS) is 11.6. The van der Waals surface area contributed by atoms with Gasteiger partial charge in [0.25, 0.3) is 0 Å². The Morgan fingerprint density at radius 1 is 1.50 bits per heavy atom. The summed E-state index contributed by atoms with van der Waals surface area (Å²) in [5.74, 6) is 0.149. The van der Waals surface area contributed by atoms with Crippen LogP contribution in [0.3, 0.4) is 0 Å². The van der Waals surface area contributed by atoms with Gasteiger partial charge in [0.15, 0.2) is 5.96 Å². The molecule has 1 rings (SSSR count). The van der Waals surface area contributed by atoms with Crippen LogP contribution < -0.4 is 11.1 Å². The quantitative estimate of drug-likeness (QED) is 0.600. The van der Waals surface area contributed by atoms with E-state index in [9.17, 15) is 4.39 Å². The van der Waals surface area contributed by atoms with Crippen molar-refractivity contribution in [3.05, 3.63) is 35.1 Å². The number of guanidine groups is 1. The van der Waals surface area contributed by atoms with Gasteiger partial charge in [-0.15, -0.1) is 0 Å². The lowest BCUT2D eigenvalue weighted by Gasteiger charge is -2.06. The Hall–Kier alpha value is -1.62. The van der Waals surface area contributed by atoms with E-state index in [2.05, 4.69) is 17.2 Å². The maximum absolute atomic E-state index is 13.4. The van der Waals surface area contributed by atoms with Crippen LogP contribution in [-0.2, 0) is 17.9 Å². The second-order valence-corrected chi connectivity index (χ2v) is 3.99. The molecule has 0 aliphatic carbocycles. The number of nitrogens with zero attached hydrogens (tertiary/aromatic N) is 1. The lowest BCUT2D eigenvalue weighted by Crippen LogP contribution is -2.32. The molecule has 100 valence electrons.